The fourth-order valence-corrected chi connectivity index (χ4v) is 4.88. The van der Waals surface area contributed by atoms with E-state index >= 15 is 0 Å². The van der Waals surface area contributed by atoms with E-state index in [-0.39, 0.29) is 5.91 Å². The number of pyridine rings is 1. The highest BCUT2D eigenvalue weighted by atomic mass is 32.2. The molecule has 0 N–H and O–H groups in total. The zero-order valence-electron chi connectivity index (χ0n) is 17.7. The van der Waals surface area contributed by atoms with Crippen molar-refractivity contribution < 1.29 is 13.6 Å². The molecule has 1 aliphatic heterocycles. The Morgan fingerprint density at radius 2 is 1.75 bits per heavy atom. The van der Waals surface area contributed by atoms with Crippen LogP contribution in [0.15, 0.2) is 60.8 Å². The van der Waals surface area contributed by atoms with Crippen LogP contribution in [0.2, 0.25) is 0 Å². The Morgan fingerprint density at radius 3 is 2.44 bits per heavy atom. The Hall–Kier alpha value is -2.81. The van der Waals surface area contributed by atoms with Crippen LogP contribution in [0.25, 0.3) is 10.9 Å². The van der Waals surface area contributed by atoms with E-state index in [2.05, 4.69) is 9.88 Å². The maximum absolute atomic E-state index is 13.0. The van der Waals surface area contributed by atoms with Crippen molar-refractivity contribution in [2.45, 2.75) is 12.8 Å². The highest BCUT2D eigenvalue weighted by Crippen LogP contribution is 2.32. The summed E-state index contributed by atoms with van der Waals surface area (Å²) in [7, 11) is 0. The minimum Gasteiger partial charge on any atom is -0.755 e. The van der Waals surface area contributed by atoms with Crippen LogP contribution in [0, 0.1) is 5.92 Å². The van der Waals surface area contributed by atoms with E-state index in [1.54, 1.807) is 42.6 Å². The molecular formula is C24H25N4O3S-. The van der Waals surface area contributed by atoms with Crippen molar-refractivity contribution in [3.63, 3.8) is 0 Å². The summed E-state index contributed by atoms with van der Waals surface area (Å²) in [5.74, 6) is 0.848. The van der Waals surface area contributed by atoms with Gasteiger partial charge in [-0.1, -0.05) is 18.2 Å². The van der Waals surface area contributed by atoms with Crippen molar-refractivity contribution in [2.24, 2.45) is 5.92 Å². The van der Waals surface area contributed by atoms with E-state index in [1.807, 2.05) is 23.1 Å². The van der Waals surface area contributed by atoms with Crippen LogP contribution in [0.3, 0.4) is 0 Å². The molecule has 8 heteroatoms. The third-order valence-electron chi connectivity index (χ3n) is 6.20. The van der Waals surface area contributed by atoms with E-state index in [1.165, 1.54) is 17.1 Å². The number of anilines is 2. The van der Waals surface area contributed by atoms with E-state index in [4.69, 9.17) is 0 Å². The second-order valence-corrected chi connectivity index (χ2v) is 9.25. The van der Waals surface area contributed by atoms with Gasteiger partial charge < -0.3 is 9.45 Å². The van der Waals surface area contributed by atoms with Gasteiger partial charge in [0, 0.05) is 49.9 Å². The van der Waals surface area contributed by atoms with Gasteiger partial charge in [-0.3, -0.25) is 23.2 Å². The molecule has 1 aliphatic carbocycles. The Kier molecular flexibility index (Phi) is 5.91. The van der Waals surface area contributed by atoms with Crippen LogP contribution in [0.5, 0.6) is 0 Å². The summed E-state index contributed by atoms with van der Waals surface area (Å²) in [4.78, 5) is 21.7. The predicted octanol–water partition coefficient (Wildman–Crippen LogP) is 3.33. The predicted molar refractivity (Wildman–Crippen MR) is 124 cm³/mol. The number of carbonyl (C=O) groups is 1. The first-order chi connectivity index (χ1) is 15.6. The highest BCUT2D eigenvalue weighted by molar-refractivity contribution is 7.81. The lowest BCUT2D eigenvalue weighted by Crippen LogP contribution is -2.49. The normalized spacial score (nSPS) is 18.0. The topological polar surface area (TPSA) is 79.8 Å². The summed E-state index contributed by atoms with van der Waals surface area (Å²) in [6, 6.07) is 15.9. The van der Waals surface area contributed by atoms with Gasteiger partial charge in [-0.25, -0.2) is 0 Å². The van der Waals surface area contributed by atoms with Gasteiger partial charge in [0.05, 0.1) is 28.2 Å². The number of aromatic nitrogens is 1. The maximum atomic E-state index is 13.0. The summed E-state index contributed by atoms with van der Waals surface area (Å²) in [6.45, 7) is 4.44. The van der Waals surface area contributed by atoms with Crippen LogP contribution >= 0.6 is 0 Å². The Morgan fingerprint density at radius 1 is 1.03 bits per heavy atom. The molecule has 1 amide bonds. The average molecular weight is 450 g/mol. The number of benzene rings is 2. The van der Waals surface area contributed by atoms with E-state index in [0.29, 0.717) is 22.5 Å². The fraction of sp³-hybridized carbons (Fsp3) is 0.333. The molecule has 166 valence electrons. The first-order valence-corrected chi connectivity index (χ1v) is 12.0. The minimum atomic E-state index is -2.54. The number of nitrogens with zero attached hydrogens (tertiary/aromatic N) is 4. The number of fused-ring (bicyclic) bond motifs is 1. The zero-order chi connectivity index (χ0) is 22.1. The number of para-hydroxylation sites is 1. The van der Waals surface area contributed by atoms with Gasteiger partial charge in [-0.05, 0) is 55.2 Å². The molecule has 2 heterocycles. The van der Waals surface area contributed by atoms with Crippen LogP contribution in [-0.2, 0) is 11.3 Å². The standard InChI is InChI=1S/C24H26N4O3S/c29-24(27-15-13-26(14-16-27)17-18-6-7-18)20-8-10-21(11-9-20)28(32(30)31)22-5-1-3-19-4-2-12-25-23(19)22/h1-5,8-12,18H,6-7,13-17H2,(H,30,31)/p-1. The molecule has 2 fully saturated rings. The first kappa shape index (κ1) is 21.1. The monoisotopic (exact) mass is 449 g/mol. The smallest absolute Gasteiger partial charge is 0.253 e. The van der Waals surface area contributed by atoms with Crippen LogP contribution in [0.4, 0.5) is 11.4 Å². The molecule has 7 nitrogen and oxygen atoms in total. The molecule has 0 bridgehead atoms. The molecule has 2 aromatic carbocycles. The molecule has 1 saturated carbocycles. The van der Waals surface area contributed by atoms with Crippen LogP contribution in [0.1, 0.15) is 23.2 Å². The van der Waals surface area contributed by atoms with E-state index in [0.717, 1.165) is 44.0 Å². The molecule has 1 unspecified atom stereocenters. The van der Waals surface area contributed by atoms with Gasteiger partial charge in [0.2, 0.25) is 0 Å². The fourth-order valence-electron chi connectivity index (χ4n) is 4.28. The summed E-state index contributed by atoms with van der Waals surface area (Å²) in [5, 5.41) is 0.855. The molecule has 1 atom stereocenters. The Balaban J connectivity index is 1.33. The quantitative estimate of drug-likeness (QED) is 0.540. The molecule has 3 aromatic rings. The van der Waals surface area contributed by atoms with Gasteiger partial charge >= 0.3 is 0 Å². The van der Waals surface area contributed by atoms with Crippen molar-refractivity contribution in [2.75, 3.05) is 37.0 Å². The van der Waals surface area contributed by atoms with E-state index < -0.39 is 11.3 Å². The lowest BCUT2D eigenvalue weighted by Gasteiger charge is -2.35. The van der Waals surface area contributed by atoms with Crippen molar-refractivity contribution in [1.82, 2.24) is 14.8 Å². The molecule has 1 aromatic heterocycles. The summed E-state index contributed by atoms with van der Waals surface area (Å²) in [5.41, 5.74) is 2.10. The summed E-state index contributed by atoms with van der Waals surface area (Å²) in [6.07, 6.45) is 4.32. The number of hydrogen-bond acceptors (Lipinski definition) is 5. The van der Waals surface area contributed by atoms with Crippen molar-refractivity contribution in [3.05, 3.63) is 66.4 Å². The van der Waals surface area contributed by atoms with Crippen molar-refractivity contribution >= 4 is 39.5 Å². The molecule has 32 heavy (non-hydrogen) atoms. The number of carbonyl (C=O) groups excluding carboxylic acids is 1. The zero-order valence-corrected chi connectivity index (χ0v) is 18.5. The molecular weight excluding hydrogens is 424 g/mol. The molecule has 0 radical (unpaired) electrons. The van der Waals surface area contributed by atoms with Gasteiger partial charge in [-0.15, -0.1) is 0 Å². The van der Waals surface area contributed by atoms with Crippen molar-refractivity contribution in [1.29, 1.82) is 0 Å². The Labute approximate surface area is 190 Å². The highest BCUT2D eigenvalue weighted by Gasteiger charge is 2.28. The second kappa shape index (κ2) is 8.97. The summed E-state index contributed by atoms with van der Waals surface area (Å²) >= 11 is -2.54. The second-order valence-electron chi connectivity index (χ2n) is 8.45. The van der Waals surface area contributed by atoms with E-state index in [9.17, 15) is 13.6 Å². The summed E-state index contributed by atoms with van der Waals surface area (Å²) < 4.78 is 25.5. The lowest BCUT2D eigenvalue weighted by atomic mass is 10.1. The third kappa shape index (κ3) is 4.39. The van der Waals surface area contributed by atoms with Crippen LogP contribution < -0.4 is 4.31 Å². The maximum Gasteiger partial charge on any atom is 0.253 e. The van der Waals surface area contributed by atoms with Gasteiger partial charge in [-0.2, -0.15) is 0 Å². The SMILES string of the molecule is O=C(c1ccc(N(c2cccc3cccnc23)S(=O)[O-])cc1)N1CCN(CC2CC2)CC1. The number of rotatable bonds is 6. The van der Waals surface area contributed by atoms with Gasteiger partial charge in [0.15, 0.2) is 0 Å². The average Bonchev–Trinajstić information content (AvgIpc) is 3.64. The lowest BCUT2D eigenvalue weighted by molar-refractivity contribution is 0.0632. The molecule has 0 spiro atoms. The minimum absolute atomic E-state index is 0.00996. The Bertz CT molecular complexity index is 1140. The first-order valence-electron chi connectivity index (χ1n) is 10.9. The molecule has 1 saturated heterocycles. The van der Waals surface area contributed by atoms with Crippen molar-refractivity contribution in [3.8, 4) is 0 Å². The van der Waals surface area contributed by atoms with Gasteiger partial charge in [0.25, 0.3) is 5.91 Å². The third-order valence-corrected chi connectivity index (χ3v) is 6.91. The number of amides is 1. The number of piperazine rings is 1. The molecule has 5 rings (SSSR count). The van der Waals surface area contributed by atoms with Gasteiger partial charge in [0.1, 0.15) is 0 Å². The molecule has 2 aliphatic rings. The number of hydrogen-bond donors (Lipinski definition) is 0. The largest absolute Gasteiger partial charge is 0.755 e. The van der Waals surface area contributed by atoms with Crippen LogP contribution in [-0.4, -0.2) is 62.2 Å².